The minimum atomic E-state index is -0.553. The molecule has 0 radical (unpaired) electrons. The number of nitrogen functional groups attached to an aromatic ring is 1. The molecule has 0 aliphatic heterocycles. The number of pyridine rings is 1. The van der Waals surface area contributed by atoms with Gasteiger partial charge >= 0.3 is 0 Å². The standard InChI is InChI=1S/C21H30N4O2/c1-12(2)18(19(26)24-16-3-4-17(22)23-11-16)25-20(27)21-8-13-5-14(9-21)7-15(6-13)10-21/h3-4,11-15,18H,5-10H2,1-2H3,(H2,22,23)(H,24,26)(H,25,27). The maximum atomic E-state index is 13.3. The van der Waals surface area contributed by atoms with Crippen molar-refractivity contribution >= 4 is 23.3 Å². The molecule has 27 heavy (non-hydrogen) atoms. The summed E-state index contributed by atoms with van der Waals surface area (Å²) >= 11 is 0. The van der Waals surface area contributed by atoms with E-state index in [-0.39, 0.29) is 23.1 Å². The summed E-state index contributed by atoms with van der Waals surface area (Å²) in [6.45, 7) is 3.93. The van der Waals surface area contributed by atoms with Gasteiger partial charge in [0.2, 0.25) is 11.8 Å². The minimum Gasteiger partial charge on any atom is -0.384 e. The molecule has 4 N–H and O–H groups in total. The molecule has 1 atom stereocenters. The third-order valence-corrected chi connectivity index (χ3v) is 6.81. The van der Waals surface area contributed by atoms with Crippen molar-refractivity contribution < 1.29 is 9.59 Å². The molecule has 6 heteroatoms. The highest BCUT2D eigenvalue weighted by Crippen LogP contribution is 2.60. The number of aromatic nitrogens is 1. The monoisotopic (exact) mass is 370 g/mol. The lowest BCUT2D eigenvalue weighted by Gasteiger charge is -2.55. The van der Waals surface area contributed by atoms with E-state index in [0.29, 0.717) is 29.3 Å². The van der Waals surface area contributed by atoms with Crippen molar-refractivity contribution in [1.29, 1.82) is 0 Å². The van der Waals surface area contributed by atoms with Crippen molar-refractivity contribution in [3.8, 4) is 0 Å². The second-order valence-corrected chi connectivity index (χ2v) is 9.35. The lowest BCUT2D eigenvalue weighted by Crippen LogP contribution is -2.57. The summed E-state index contributed by atoms with van der Waals surface area (Å²) in [5, 5.41) is 5.97. The number of nitrogens with one attached hydrogen (secondary N) is 2. The Labute approximate surface area is 160 Å². The molecule has 4 bridgehead atoms. The maximum Gasteiger partial charge on any atom is 0.247 e. The van der Waals surface area contributed by atoms with Crippen molar-refractivity contribution in [2.75, 3.05) is 11.1 Å². The predicted octanol–water partition coefficient (Wildman–Crippen LogP) is 2.96. The van der Waals surface area contributed by atoms with Crippen LogP contribution in [-0.4, -0.2) is 22.8 Å². The first kappa shape index (κ1) is 18.3. The fourth-order valence-corrected chi connectivity index (χ4v) is 5.92. The molecule has 5 rings (SSSR count). The van der Waals surface area contributed by atoms with E-state index in [4.69, 9.17) is 5.73 Å². The van der Waals surface area contributed by atoms with E-state index in [1.807, 2.05) is 13.8 Å². The van der Waals surface area contributed by atoms with Crippen LogP contribution in [-0.2, 0) is 9.59 Å². The molecule has 1 unspecified atom stereocenters. The van der Waals surface area contributed by atoms with E-state index in [1.165, 1.54) is 25.5 Å². The summed E-state index contributed by atoms with van der Waals surface area (Å²) in [5.74, 6) is 2.41. The first-order chi connectivity index (χ1) is 12.8. The largest absolute Gasteiger partial charge is 0.384 e. The van der Waals surface area contributed by atoms with Crippen LogP contribution in [0.4, 0.5) is 11.5 Å². The number of carbonyl (C=O) groups is 2. The first-order valence-electron chi connectivity index (χ1n) is 10.2. The molecule has 0 aromatic carbocycles. The van der Waals surface area contributed by atoms with Gasteiger partial charge in [0.25, 0.3) is 0 Å². The van der Waals surface area contributed by atoms with Crippen molar-refractivity contribution in [2.24, 2.45) is 29.1 Å². The number of nitrogens with zero attached hydrogens (tertiary/aromatic N) is 1. The molecule has 1 aromatic heterocycles. The molecule has 2 amide bonds. The van der Waals surface area contributed by atoms with Gasteiger partial charge in [-0.15, -0.1) is 0 Å². The topological polar surface area (TPSA) is 97.1 Å². The summed E-state index contributed by atoms with van der Waals surface area (Å²) < 4.78 is 0. The van der Waals surface area contributed by atoms with Crippen molar-refractivity contribution in [3.63, 3.8) is 0 Å². The Morgan fingerprint density at radius 2 is 1.70 bits per heavy atom. The van der Waals surface area contributed by atoms with Gasteiger partial charge in [0, 0.05) is 5.41 Å². The number of carbonyl (C=O) groups excluding carboxylic acids is 2. The van der Waals surface area contributed by atoms with E-state index < -0.39 is 6.04 Å². The molecule has 1 heterocycles. The highest BCUT2D eigenvalue weighted by Gasteiger charge is 2.55. The highest BCUT2D eigenvalue weighted by molar-refractivity contribution is 5.98. The predicted molar refractivity (Wildman–Crippen MR) is 105 cm³/mol. The summed E-state index contributed by atoms with van der Waals surface area (Å²) in [6, 6.07) is 2.81. The Kier molecular flexibility index (Phi) is 4.60. The van der Waals surface area contributed by atoms with Gasteiger partial charge in [-0.3, -0.25) is 9.59 Å². The van der Waals surface area contributed by atoms with E-state index in [2.05, 4.69) is 15.6 Å². The molecule has 146 valence electrons. The smallest absolute Gasteiger partial charge is 0.247 e. The Bertz CT molecular complexity index is 693. The van der Waals surface area contributed by atoms with Crippen LogP contribution in [0.1, 0.15) is 52.4 Å². The number of hydrogen-bond donors (Lipinski definition) is 3. The third-order valence-electron chi connectivity index (χ3n) is 6.81. The number of hydrogen-bond acceptors (Lipinski definition) is 4. The average molecular weight is 370 g/mol. The van der Waals surface area contributed by atoms with Crippen LogP contribution >= 0.6 is 0 Å². The second-order valence-electron chi connectivity index (χ2n) is 9.35. The number of anilines is 2. The van der Waals surface area contributed by atoms with Crippen molar-refractivity contribution in [2.45, 2.75) is 58.4 Å². The fraction of sp³-hybridized carbons (Fsp3) is 0.667. The zero-order chi connectivity index (χ0) is 19.2. The van der Waals surface area contributed by atoms with Crippen molar-refractivity contribution in [3.05, 3.63) is 18.3 Å². The summed E-state index contributed by atoms with van der Waals surface area (Å²) in [6.07, 6.45) is 8.42. The van der Waals surface area contributed by atoms with Crippen LogP contribution in [0.15, 0.2) is 18.3 Å². The molecule has 4 aliphatic rings. The van der Waals surface area contributed by atoms with E-state index in [1.54, 1.807) is 12.1 Å². The molecule has 6 nitrogen and oxygen atoms in total. The molecule has 0 saturated heterocycles. The normalized spacial score (nSPS) is 32.3. The van der Waals surface area contributed by atoms with E-state index in [0.717, 1.165) is 19.3 Å². The SMILES string of the molecule is CC(C)C(NC(=O)C12CC3CC(CC(C3)C1)C2)C(=O)Nc1ccc(N)nc1. The average Bonchev–Trinajstić information content (AvgIpc) is 2.59. The van der Waals surface area contributed by atoms with Crippen LogP contribution in [0, 0.1) is 29.1 Å². The lowest BCUT2D eigenvalue weighted by molar-refractivity contribution is -0.148. The summed E-state index contributed by atoms with van der Waals surface area (Å²) in [7, 11) is 0. The minimum absolute atomic E-state index is 0.00426. The van der Waals surface area contributed by atoms with Gasteiger partial charge in [0.05, 0.1) is 11.9 Å². The van der Waals surface area contributed by atoms with Crippen molar-refractivity contribution in [1.82, 2.24) is 10.3 Å². The van der Waals surface area contributed by atoms with Crippen LogP contribution in [0.25, 0.3) is 0 Å². The Morgan fingerprint density at radius 3 is 2.19 bits per heavy atom. The number of amides is 2. The second kappa shape index (κ2) is 6.80. The molecule has 4 fully saturated rings. The van der Waals surface area contributed by atoms with Gasteiger partial charge in [-0.25, -0.2) is 4.98 Å². The zero-order valence-electron chi connectivity index (χ0n) is 16.2. The summed E-state index contributed by atoms with van der Waals surface area (Å²) in [4.78, 5) is 30.1. The molecular weight excluding hydrogens is 340 g/mol. The van der Waals surface area contributed by atoms with Crippen LogP contribution in [0.2, 0.25) is 0 Å². The van der Waals surface area contributed by atoms with Crippen LogP contribution < -0.4 is 16.4 Å². The molecular formula is C21H30N4O2. The van der Waals surface area contributed by atoms with Gasteiger partial charge in [-0.2, -0.15) is 0 Å². The molecule has 1 aromatic rings. The van der Waals surface area contributed by atoms with Gasteiger partial charge in [0.1, 0.15) is 11.9 Å². The highest BCUT2D eigenvalue weighted by atomic mass is 16.2. The van der Waals surface area contributed by atoms with Crippen LogP contribution in [0.5, 0.6) is 0 Å². The third kappa shape index (κ3) is 3.54. The van der Waals surface area contributed by atoms with Gasteiger partial charge in [0.15, 0.2) is 0 Å². The van der Waals surface area contributed by atoms with Gasteiger partial charge in [-0.1, -0.05) is 13.8 Å². The number of rotatable bonds is 5. The Balaban J connectivity index is 1.46. The summed E-state index contributed by atoms with van der Waals surface area (Å²) in [5.41, 5.74) is 5.94. The van der Waals surface area contributed by atoms with E-state index in [9.17, 15) is 9.59 Å². The zero-order valence-corrected chi connectivity index (χ0v) is 16.2. The fourth-order valence-electron chi connectivity index (χ4n) is 5.92. The number of nitrogens with two attached hydrogens (primary N) is 1. The van der Waals surface area contributed by atoms with Gasteiger partial charge < -0.3 is 16.4 Å². The Hall–Kier alpha value is -2.11. The lowest BCUT2D eigenvalue weighted by atomic mass is 9.49. The Morgan fingerprint density at radius 1 is 1.11 bits per heavy atom. The molecule has 4 aliphatic carbocycles. The van der Waals surface area contributed by atoms with E-state index >= 15 is 0 Å². The first-order valence-corrected chi connectivity index (χ1v) is 10.2. The molecule has 0 spiro atoms. The molecule has 4 saturated carbocycles. The van der Waals surface area contributed by atoms with Gasteiger partial charge in [-0.05, 0) is 74.3 Å². The maximum absolute atomic E-state index is 13.3. The van der Waals surface area contributed by atoms with Crippen LogP contribution in [0.3, 0.4) is 0 Å². The quantitative estimate of drug-likeness (QED) is 0.742.